The molecule has 9 N–H and O–H groups in total. The van der Waals surface area contributed by atoms with Gasteiger partial charge in [0.1, 0.15) is 17.1 Å². The van der Waals surface area contributed by atoms with Crippen LogP contribution in [-0.4, -0.2) is 62.2 Å². The lowest BCUT2D eigenvalue weighted by molar-refractivity contribution is 0.0947. The molecule has 3 aromatic heterocycles. The number of anilines is 3. The van der Waals surface area contributed by atoms with E-state index in [0.717, 1.165) is 10.6 Å². The fourth-order valence-corrected chi connectivity index (χ4v) is 5.29. The maximum Gasteiger partial charge on any atom is 0.272 e. The summed E-state index contributed by atoms with van der Waals surface area (Å²) in [6.07, 6.45) is 4.89. The zero-order valence-corrected chi connectivity index (χ0v) is 27.7. The molecule has 0 aliphatic carbocycles. The molecule has 0 fully saturated rings. The van der Waals surface area contributed by atoms with Crippen LogP contribution in [-0.2, 0) is 7.05 Å². The van der Waals surface area contributed by atoms with Crippen molar-refractivity contribution in [3.05, 3.63) is 82.7 Å². The first-order valence-electron chi connectivity index (χ1n) is 13.8. The van der Waals surface area contributed by atoms with Gasteiger partial charge in [0.25, 0.3) is 23.6 Å². The molecule has 0 radical (unpaired) electrons. The van der Waals surface area contributed by atoms with E-state index in [1.54, 1.807) is 61.8 Å². The van der Waals surface area contributed by atoms with Crippen LogP contribution in [0.4, 0.5) is 17.1 Å². The number of H-pyrrole nitrogens is 2. The van der Waals surface area contributed by atoms with Crippen molar-refractivity contribution in [2.45, 2.75) is 25.2 Å². The average Bonchev–Trinajstić information content (AvgIpc) is 3.68. The van der Waals surface area contributed by atoms with Crippen molar-refractivity contribution in [2.24, 2.45) is 12.8 Å². The average molecular weight is 689 g/mol. The van der Waals surface area contributed by atoms with E-state index in [1.165, 1.54) is 12.3 Å². The van der Waals surface area contributed by atoms with E-state index in [-0.39, 0.29) is 60.1 Å². The van der Waals surface area contributed by atoms with E-state index in [9.17, 15) is 19.2 Å². The lowest BCUT2D eigenvalue weighted by Crippen LogP contribution is -2.28. The quantitative estimate of drug-likeness (QED) is 0.0426. The number of aromatic amines is 2. The molecule has 0 aliphatic heterocycles. The largest absolute Gasteiger partial charge is 0.388 e. The van der Waals surface area contributed by atoms with Gasteiger partial charge in [-0.2, -0.15) is 0 Å². The van der Waals surface area contributed by atoms with Crippen molar-refractivity contribution in [3.63, 3.8) is 0 Å². The molecule has 13 nitrogen and oxygen atoms in total. The third-order valence-electron chi connectivity index (χ3n) is 6.87. The Balaban J connectivity index is 0.00000576. The van der Waals surface area contributed by atoms with Gasteiger partial charge in [-0.05, 0) is 44.2 Å². The van der Waals surface area contributed by atoms with Gasteiger partial charge < -0.3 is 41.5 Å². The van der Waals surface area contributed by atoms with Crippen molar-refractivity contribution < 1.29 is 19.2 Å². The molecule has 0 unspecified atom stereocenters. The minimum atomic E-state index is -0.451. The van der Waals surface area contributed by atoms with Gasteiger partial charge >= 0.3 is 0 Å². The Morgan fingerprint density at radius 1 is 0.913 bits per heavy atom. The van der Waals surface area contributed by atoms with Gasteiger partial charge in [-0.15, -0.1) is 35.8 Å². The van der Waals surface area contributed by atoms with Gasteiger partial charge in [0.2, 0.25) is 0 Å². The molecule has 4 aromatic rings. The molecule has 4 rings (SSSR count). The normalized spacial score (nSPS) is 10.5. The number of amidine groups is 1. The molecule has 3 heterocycles. The highest BCUT2D eigenvalue weighted by Crippen LogP contribution is 2.24. The number of carbonyl (C=O) groups excluding carboxylic acids is 4. The van der Waals surface area contributed by atoms with Crippen molar-refractivity contribution in [3.8, 4) is 0 Å². The Morgan fingerprint density at radius 3 is 2.09 bits per heavy atom. The van der Waals surface area contributed by atoms with Crippen LogP contribution < -0.4 is 27.0 Å². The number of amides is 4. The van der Waals surface area contributed by atoms with Crippen LogP contribution in [0.1, 0.15) is 59.4 Å². The fraction of sp³-hybridized carbons (Fsp3) is 0.233. The van der Waals surface area contributed by atoms with Gasteiger partial charge in [0.15, 0.2) is 0 Å². The predicted octanol–water partition coefficient (Wildman–Crippen LogP) is 4.86. The smallest absolute Gasteiger partial charge is 0.272 e. The number of halogens is 2. The number of rotatable bonds is 13. The monoisotopic (exact) mass is 687 g/mol. The third kappa shape index (κ3) is 8.74. The minimum absolute atomic E-state index is 0. The first kappa shape index (κ1) is 35.8. The molecule has 1 aromatic carbocycles. The van der Waals surface area contributed by atoms with Gasteiger partial charge in [0.05, 0.1) is 22.9 Å². The molecule has 0 saturated heterocycles. The lowest BCUT2D eigenvalue weighted by atomic mass is 10.2. The standard InChI is InChI=1S/C30H34ClN9O4S.ClH/c1-16-22(14-35-25(16)29(43)34-10-8-24(32)33)39-28(42)23-12-19(15-40(23)3)37-30(44)26-17(2)21(13-36-26)38-27(41)18-4-6-20(7-5-18)45-11-9-31;/h4-7,12-15,35-36H,8-11H2,1-3H3,(H3,32,33)(H,34,43)(H,37,44)(H,38,41)(H,39,42);1H. The van der Waals surface area contributed by atoms with Crippen LogP contribution >= 0.6 is 35.8 Å². The number of aryl methyl sites for hydroxylation is 1. The highest BCUT2D eigenvalue weighted by Gasteiger charge is 2.21. The summed E-state index contributed by atoms with van der Waals surface area (Å²) in [4.78, 5) is 58.2. The SMILES string of the molecule is Cc1c(NC(=O)c2ccc(SCCCl)cc2)c[nH]c1C(=O)Nc1cc(C(=O)Nc2c[nH]c(C(=O)NCCC(=N)N)c2C)n(C)c1.Cl. The van der Waals surface area contributed by atoms with Crippen LogP contribution in [0.2, 0.25) is 0 Å². The summed E-state index contributed by atoms with van der Waals surface area (Å²) < 4.78 is 1.56. The van der Waals surface area contributed by atoms with E-state index in [1.807, 2.05) is 12.1 Å². The minimum Gasteiger partial charge on any atom is -0.388 e. The molecule has 0 atom stereocenters. The van der Waals surface area contributed by atoms with E-state index in [4.69, 9.17) is 22.7 Å². The molecule has 16 heteroatoms. The van der Waals surface area contributed by atoms with Gasteiger partial charge in [0, 0.05) is 71.8 Å². The predicted molar refractivity (Wildman–Crippen MR) is 184 cm³/mol. The van der Waals surface area contributed by atoms with Crippen molar-refractivity contribution in [1.29, 1.82) is 5.41 Å². The van der Waals surface area contributed by atoms with E-state index in [0.29, 0.717) is 39.6 Å². The summed E-state index contributed by atoms with van der Waals surface area (Å²) in [6.45, 7) is 3.62. The second-order valence-corrected chi connectivity index (χ2v) is 11.6. The molecule has 0 spiro atoms. The second-order valence-electron chi connectivity index (χ2n) is 10.1. The summed E-state index contributed by atoms with van der Waals surface area (Å²) in [7, 11) is 1.67. The summed E-state index contributed by atoms with van der Waals surface area (Å²) >= 11 is 7.34. The molecule has 0 aliphatic rings. The number of nitrogens with two attached hydrogens (primary N) is 1. The van der Waals surface area contributed by atoms with Crippen molar-refractivity contribution >= 4 is 82.3 Å². The van der Waals surface area contributed by atoms with Gasteiger partial charge in [-0.25, -0.2) is 0 Å². The van der Waals surface area contributed by atoms with Crippen LogP contribution in [0, 0.1) is 19.3 Å². The Bertz CT molecular complexity index is 1740. The lowest BCUT2D eigenvalue weighted by Gasteiger charge is -2.07. The molecule has 46 heavy (non-hydrogen) atoms. The molecule has 4 amide bonds. The Hall–Kier alpha value is -4.66. The number of nitrogens with one attached hydrogen (secondary N) is 7. The number of benzene rings is 1. The fourth-order valence-electron chi connectivity index (χ4n) is 4.41. The number of hydrogen-bond donors (Lipinski definition) is 8. The molecule has 0 saturated carbocycles. The highest BCUT2D eigenvalue weighted by molar-refractivity contribution is 7.99. The van der Waals surface area contributed by atoms with Gasteiger partial charge in [-0.1, -0.05) is 0 Å². The number of nitrogens with zero attached hydrogens (tertiary/aromatic N) is 1. The summed E-state index contributed by atoms with van der Waals surface area (Å²) in [5.74, 6) is -0.305. The Labute approximate surface area is 280 Å². The van der Waals surface area contributed by atoms with Crippen molar-refractivity contribution in [1.82, 2.24) is 19.9 Å². The molecule has 244 valence electrons. The zero-order valence-electron chi connectivity index (χ0n) is 25.3. The number of aromatic nitrogens is 3. The maximum atomic E-state index is 13.1. The van der Waals surface area contributed by atoms with E-state index < -0.39 is 11.8 Å². The maximum absolute atomic E-state index is 13.1. The number of hydrogen-bond acceptors (Lipinski definition) is 6. The second kappa shape index (κ2) is 16.1. The zero-order chi connectivity index (χ0) is 32.7. The van der Waals surface area contributed by atoms with Crippen molar-refractivity contribution in [2.75, 3.05) is 34.1 Å². The summed E-state index contributed by atoms with van der Waals surface area (Å²) in [6, 6.07) is 8.71. The Kier molecular flexibility index (Phi) is 12.5. The molecule has 0 bridgehead atoms. The number of carbonyl (C=O) groups is 4. The van der Waals surface area contributed by atoms with Crippen LogP contribution in [0.15, 0.2) is 53.8 Å². The summed E-state index contributed by atoms with van der Waals surface area (Å²) in [5.41, 5.74) is 8.95. The van der Waals surface area contributed by atoms with Crippen LogP contribution in [0.5, 0.6) is 0 Å². The number of alkyl halides is 1. The Morgan fingerprint density at radius 2 is 1.50 bits per heavy atom. The first-order chi connectivity index (χ1) is 21.5. The van der Waals surface area contributed by atoms with E-state index in [2.05, 4.69) is 31.2 Å². The first-order valence-corrected chi connectivity index (χ1v) is 15.4. The third-order valence-corrected chi connectivity index (χ3v) is 8.29. The molecular formula is C30H35Cl2N9O4S. The van der Waals surface area contributed by atoms with Crippen LogP contribution in [0.25, 0.3) is 0 Å². The summed E-state index contributed by atoms with van der Waals surface area (Å²) in [5, 5.41) is 18.3. The molecular weight excluding hydrogens is 653 g/mol. The topological polar surface area (TPSA) is 203 Å². The van der Waals surface area contributed by atoms with E-state index >= 15 is 0 Å². The number of thioether (sulfide) groups is 1. The van der Waals surface area contributed by atoms with Gasteiger partial charge in [-0.3, -0.25) is 24.6 Å². The van der Waals surface area contributed by atoms with Crippen LogP contribution in [0.3, 0.4) is 0 Å². The highest BCUT2D eigenvalue weighted by atomic mass is 35.5.